The van der Waals surface area contributed by atoms with Gasteiger partial charge < -0.3 is 11.1 Å². The van der Waals surface area contributed by atoms with Gasteiger partial charge in [0, 0.05) is 12.1 Å². The molecule has 2 rings (SSSR count). The van der Waals surface area contributed by atoms with Crippen LogP contribution >= 0.6 is 12.2 Å². The molecule has 0 atom stereocenters. The number of nitrogens with one attached hydrogen (secondary N) is 1. The van der Waals surface area contributed by atoms with Crippen LogP contribution in [-0.2, 0) is 0 Å². The van der Waals surface area contributed by atoms with E-state index < -0.39 is 11.6 Å². The maximum Gasteiger partial charge on any atom is 0.182 e. The Morgan fingerprint density at radius 1 is 1.37 bits per heavy atom. The van der Waals surface area contributed by atoms with Gasteiger partial charge in [0.05, 0.1) is 5.69 Å². The van der Waals surface area contributed by atoms with E-state index in [0.29, 0.717) is 6.54 Å². The van der Waals surface area contributed by atoms with E-state index in [1.807, 2.05) is 0 Å². The molecule has 0 aromatic heterocycles. The lowest BCUT2D eigenvalue weighted by molar-refractivity contribution is 0.479. The molecule has 3 N–H and O–H groups in total. The molecule has 0 unspecified atom stereocenters. The molecule has 1 aliphatic carbocycles. The van der Waals surface area contributed by atoms with Crippen molar-refractivity contribution in [3.63, 3.8) is 0 Å². The zero-order chi connectivity index (χ0) is 14.0. The number of halogens is 2. The first-order valence-corrected chi connectivity index (χ1v) is 6.91. The van der Waals surface area contributed by atoms with E-state index in [1.54, 1.807) is 0 Å². The molecule has 0 bridgehead atoms. The molecule has 0 amide bonds. The molecule has 0 spiro atoms. The van der Waals surface area contributed by atoms with Gasteiger partial charge in [-0.05, 0) is 36.8 Å². The van der Waals surface area contributed by atoms with Gasteiger partial charge in [0.25, 0.3) is 0 Å². The molecular weight excluding hydrogens is 266 g/mol. The van der Waals surface area contributed by atoms with Crippen LogP contribution in [0.25, 0.3) is 0 Å². The van der Waals surface area contributed by atoms with Crippen molar-refractivity contribution >= 4 is 22.9 Å². The van der Waals surface area contributed by atoms with Crippen LogP contribution in [0.3, 0.4) is 0 Å². The summed E-state index contributed by atoms with van der Waals surface area (Å²) >= 11 is 4.67. The van der Waals surface area contributed by atoms with Gasteiger partial charge in [-0.2, -0.15) is 0 Å². The molecule has 104 valence electrons. The molecule has 1 fully saturated rings. The molecule has 1 saturated carbocycles. The van der Waals surface area contributed by atoms with E-state index in [1.165, 1.54) is 12.1 Å². The van der Waals surface area contributed by atoms with Crippen molar-refractivity contribution in [2.75, 3.05) is 11.9 Å². The Kier molecular flexibility index (Phi) is 4.04. The van der Waals surface area contributed by atoms with Gasteiger partial charge >= 0.3 is 0 Å². The highest BCUT2D eigenvalue weighted by atomic mass is 32.1. The zero-order valence-corrected chi connectivity index (χ0v) is 11.7. The fraction of sp³-hybridized carbons (Fsp3) is 0.500. The maximum atomic E-state index is 13.9. The second-order valence-electron chi connectivity index (χ2n) is 5.26. The van der Waals surface area contributed by atoms with Crippen LogP contribution in [0, 0.1) is 17.0 Å². The predicted molar refractivity (Wildman–Crippen MR) is 77.3 cm³/mol. The molecule has 1 aromatic carbocycles. The van der Waals surface area contributed by atoms with Crippen molar-refractivity contribution in [1.29, 1.82) is 0 Å². The van der Waals surface area contributed by atoms with Crippen LogP contribution in [0.5, 0.6) is 0 Å². The highest BCUT2D eigenvalue weighted by molar-refractivity contribution is 7.80. The monoisotopic (exact) mass is 284 g/mol. The van der Waals surface area contributed by atoms with Crippen molar-refractivity contribution in [2.24, 2.45) is 11.1 Å². The SMILES string of the molecule is CCCC1(CNc2ccc(C(N)=S)c(F)c2F)CC1. The highest BCUT2D eigenvalue weighted by Crippen LogP contribution is 2.49. The largest absolute Gasteiger partial charge is 0.389 e. The average molecular weight is 284 g/mol. The summed E-state index contributed by atoms with van der Waals surface area (Å²) in [4.78, 5) is -0.132. The summed E-state index contributed by atoms with van der Waals surface area (Å²) in [6.07, 6.45) is 4.54. The van der Waals surface area contributed by atoms with E-state index in [-0.39, 0.29) is 21.7 Å². The van der Waals surface area contributed by atoms with Crippen LogP contribution in [-0.4, -0.2) is 11.5 Å². The molecule has 0 aliphatic heterocycles. The second-order valence-corrected chi connectivity index (χ2v) is 5.70. The number of nitrogens with two attached hydrogens (primary N) is 1. The molecule has 0 saturated heterocycles. The fourth-order valence-corrected chi connectivity index (χ4v) is 2.54. The van der Waals surface area contributed by atoms with Gasteiger partial charge in [-0.25, -0.2) is 8.78 Å². The normalized spacial score (nSPS) is 16.2. The second kappa shape index (κ2) is 5.41. The average Bonchev–Trinajstić information content (AvgIpc) is 3.11. The van der Waals surface area contributed by atoms with Crippen LogP contribution < -0.4 is 11.1 Å². The van der Waals surface area contributed by atoms with Gasteiger partial charge in [-0.3, -0.25) is 0 Å². The lowest BCUT2D eigenvalue weighted by atomic mass is 10.0. The van der Waals surface area contributed by atoms with Crippen LogP contribution in [0.4, 0.5) is 14.5 Å². The predicted octanol–water partition coefficient (Wildman–Crippen LogP) is 3.59. The van der Waals surface area contributed by atoms with E-state index in [9.17, 15) is 8.78 Å². The number of hydrogen-bond donors (Lipinski definition) is 2. The summed E-state index contributed by atoms with van der Waals surface area (Å²) in [5, 5.41) is 3.01. The minimum Gasteiger partial charge on any atom is -0.389 e. The van der Waals surface area contributed by atoms with Gasteiger partial charge in [-0.1, -0.05) is 25.6 Å². The molecule has 0 radical (unpaired) electrons. The molecule has 19 heavy (non-hydrogen) atoms. The van der Waals surface area contributed by atoms with Gasteiger partial charge in [-0.15, -0.1) is 0 Å². The lowest BCUT2D eigenvalue weighted by Gasteiger charge is -2.17. The molecule has 5 heteroatoms. The van der Waals surface area contributed by atoms with E-state index in [2.05, 4.69) is 24.5 Å². The first-order chi connectivity index (χ1) is 8.99. The van der Waals surface area contributed by atoms with Crippen LogP contribution in [0.15, 0.2) is 12.1 Å². The quantitative estimate of drug-likeness (QED) is 0.784. The van der Waals surface area contributed by atoms with Gasteiger partial charge in [0.15, 0.2) is 11.6 Å². The minimum absolute atomic E-state index is 0.0484. The van der Waals surface area contributed by atoms with Crippen LogP contribution in [0.2, 0.25) is 0 Å². The Morgan fingerprint density at radius 2 is 2.05 bits per heavy atom. The third-order valence-electron chi connectivity index (χ3n) is 3.74. The molecule has 1 aliphatic rings. The highest BCUT2D eigenvalue weighted by Gasteiger charge is 2.41. The topological polar surface area (TPSA) is 38.0 Å². The molecule has 0 heterocycles. The third-order valence-corrected chi connectivity index (χ3v) is 3.96. The first-order valence-electron chi connectivity index (χ1n) is 6.51. The smallest absolute Gasteiger partial charge is 0.182 e. The van der Waals surface area contributed by atoms with Crippen molar-refractivity contribution in [3.05, 3.63) is 29.3 Å². The first kappa shape index (κ1) is 14.2. The lowest BCUT2D eigenvalue weighted by Crippen LogP contribution is -2.18. The summed E-state index contributed by atoms with van der Waals surface area (Å²) in [6, 6.07) is 2.91. The summed E-state index contributed by atoms with van der Waals surface area (Å²) in [5.41, 5.74) is 5.74. The Hall–Kier alpha value is -1.23. The minimum atomic E-state index is -0.974. The molecule has 1 aromatic rings. The number of hydrogen-bond acceptors (Lipinski definition) is 2. The number of rotatable bonds is 6. The summed E-state index contributed by atoms with van der Waals surface area (Å²) in [5.74, 6) is -1.88. The van der Waals surface area contributed by atoms with E-state index in [0.717, 1.165) is 25.7 Å². The number of benzene rings is 1. The number of thiocarbonyl (C=S) groups is 1. The summed E-state index contributed by atoms with van der Waals surface area (Å²) in [6.45, 7) is 2.82. The van der Waals surface area contributed by atoms with Crippen molar-refractivity contribution in [3.8, 4) is 0 Å². The Labute approximate surface area is 117 Å². The maximum absolute atomic E-state index is 13.9. The molecule has 2 nitrogen and oxygen atoms in total. The van der Waals surface area contributed by atoms with Gasteiger partial charge in [0.1, 0.15) is 4.99 Å². The summed E-state index contributed by atoms with van der Waals surface area (Å²) < 4.78 is 27.6. The van der Waals surface area contributed by atoms with Crippen molar-refractivity contribution in [2.45, 2.75) is 32.6 Å². The Bertz CT molecular complexity index is 498. The van der Waals surface area contributed by atoms with Gasteiger partial charge in [0.2, 0.25) is 0 Å². The molecular formula is C14H18F2N2S. The summed E-state index contributed by atoms with van der Waals surface area (Å²) in [7, 11) is 0. The van der Waals surface area contributed by atoms with Crippen LogP contribution in [0.1, 0.15) is 38.2 Å². The zero-order valence-electron chi connectivity index (χ0n) is 10.9. The van der Waals surface area contributed by atoms with Crippen molar-refractivity contribution < 1.29 is 8.78 Å². The van der Waals surface area contributed by atoms with Crippen molar-refractivity contribution in [1.82, 2.24) is 0 Å². The Morgan fingerprint density at radius 3 is 2.58 bits per heavy atom. The Balaban J connectivity index is 2.09. The fourth-order valence-electron chi connectivity index (χ4n) is 2.38. The third kappa shape index (κ3) is 3.03. The van der Waals surface area contributed by atoms with E-state index >= 15 is 0 Å². The van der Waals surface area contributed by atoms with E-state index in [4.69, 9.17) is 5.73 Å². The standard InChI is InChI=1S/C14H18F2N2S/c1-2-5-14(6-7-14)8-18-10-4-3-9(13(17)19)11(15)12(10)16/h3-4,18H,2,5-8H2,1H3,(H2,17,19). The number of anilines is 1.